The number of alkyl halides is 5. The van der Waals surface area contributed by atoms with Crippen molar-refractivity contribution in [2.75, 3.05) is 0 Å². The van der Waals surface area contributed by atoms with Crippen LogP contribution in [0.1, 0.15) is 44.0 Å². The number of benzene rings is 1. The van der Waals surface area contributed by atoms with Gasteiger partial charge in [0.1, 0.15) is 6.54 Å². The average Bonchev–Trinajstić information content (AvgIpc) is 3.15. The van der Waals surface area contributed by atoms with Crippen LogP contribution in [0.2, 0.25) is 0 Å². The normalized spacial score (nSPS) is 21.6. The molecule has 0 aliphatic heterocycles. The van der Waals surface area contributed by atoms with Gasteiger partial charge in [-0.25, -0.2) is 13.8 Å². The summed E-state index contributed by atoms with van der Waals surface area (Å²) in [5, 5.41) is 0. The van der Waals surface area contributed by atoms with Crippen LogP contribution in [-0.4, -0.2) is 15.7 Å². The van der Waals surface area contributed by atoms with Gasteiger partial charge in [0, 0.05) is 0 Å². The predicted octanol–water partition coefficient (Wildman–Crippen LogP) is 5.30. The van der Waals surface area contributed by atoms with Crippen molar-refractivity contribution in [3.8, 4) is 0 Å². The SMILES string of the molecule is CC(C)[C@H]1C[C@@H]1c1ccc2c(c1)nc(C(F)F)n2CC(F)(F)F. The minimum atomic E-state index is -4.57. The van der Waals surface area contributed by atoms with Crippen molar-refractivity contribution in [1.29, 1.82) is 0 Å². The van der Waals surface area contributed by atoms with E-state index in [1.807, 2.05) is 0 Å². The van der Waals surface area contributed by atoms with E-state index in [9.17, 15) is 22.0 Å². The monoisotopic (exact) mass is 332 g/mol. The van der Waals surface area contributed by atoms with Crippen LogP contribution in [-0.2, 0) is 6.54 Å². The zero-order chi connectivity index (χ0) is 16.9. The van der Waals surface area contributed by atoms with Crippen molar-refractivity contribution >= 4 is 11.0 Å². The molecule has 2 atom stereocenters. The number of aromatic nitrogens is 2. The number of nitrogens with zero attached hydrogens (tertiary/aromatic N) is 2. The van der Waals surface area contributed by atoms with Gasteiger partial charge in [0.2, 0.25) is 0 Å². The van der Waals surface area contributed by atoms with Gasteiger partial charge in [-0.1, -0.05) is 19.9 Å². The molecule has 2 nitrogen and oxygen atoms in total. The van der Waals surface area contributed by atoms with Gasteiger partial charge in [-0.2, -0.15) is 13.2 Å². The summed E-state index contributed by atoms with van der Waals surface area (Å²) in [6.45, 7) is 2.78. The Bertz CT molecular complexity index is 717. The molecule has 1 saturated carbocycles. The standard InChI is InChI=1S/C16H17F5N2/c1-8(2)10-6-11(10)9-3-4-13-12(5-9)22-15(14(17)18)23(13)7-16(19,20)21/h3-5,8,10-11,14H,6-7H2,1-2H3/t10-,11-/m1/s1. The molecule has 3 rings (SSSR count). The summed E-state index contributed by atoms with van der Waals surface area (Å²) in [4.78, 5) is 3.75. The van der Waals surface area contributed by atoms with Crippen LogP contribution in [0, 0.1) is 11.8 Å². The van der Waals surface area contributed by atoms with E-state index in [1.54, 1.807) is 12.1 Å². The molecule has 0 radical (unpaired) electrons. The minimum Gasteiger partial charge on any atom is -0.314 e. The number of rotatable bonds is 4. The van der Waals surface area contributed by atoms with E-state index in [0.717, 1.165) is 12.0 Å². The second-order valence-corrected chi connectivity index (χ2v) is 6.47. The molecule has 0 spiro atoms. The fraction of sp³-hybridized carbons (Fsp3) is 0.562. The van der Waals surface area contributed by atoms with E-state index in [2.05, 4.69) is 18.8 Å². The first kappa shape index (κ1) is 16.2. The van der Waals surface area contributed by atoms with E-state index in [4.69, 9.17) is 0 Å². The van der Waals surface area contributed by atoms with E-state index < -0.39 is 25.0 Å². The van der Waals surface area contributed by atoms with Crippen LogP contribution in [0.15, 0.2) is 18.2 Å². The zero-order valence-corrected chi connectivity index (χ0v) is 12.7. The fourth-order valence-corrected chi connectivity index (χ4v) is 3.24. The molecule has 126 valence electrons. The van der Waals surface area contributed by atoms with Gasteiger partial charge in [0.15, 0.2) is 5.82 Å². The third-order valence-corrected chi connectivity index (χ3v) is 4.46. The van der Waals surface area contributed by atoms with Gasteiger partial charge in [0.25, 0.3) is 6.43 Å². The predicted molar refractivity (Wildman–Crippen MR) is 76.4 cm³/mol. The van der Waals surface area contributed by atoms with Gasteiger partial charge < -0.3 is 4.57 Å². The maximum Gasteiger partial charge on any atom is 0.406 e. The van der Waals surface area contributed by atoms with Crippen LogP contribution in [0.3, 0.4) is 0 Å². The topological polar surface area (TPSA) is 17.8 Å². The number of imidazole rings is 1. The second-order valence-electron chi connectivity index (χ2n) is 6.47. The molecule has 1 aromatic heterocycles. The molecule has 0 saturated heterocycles. The quantitative estimate of drug-likeness (QED) is 0.695. The summed E-state index contributed by atoms with van der Waals surface area (Å²) in [6, 6.07) is 4.87. The van der Waals surface area contributed by atoms with Gasteiger partial charge in [0.05, 0.1) is 11.0 Å². The Morgan fingerprint density at radius 1 is 1.26 bits per heavy atom. The van der Waals surface area contributed by atoms with Crippen LogP contribution in [0.4, 0.5) is 22.0 Å². The lowest BCUT2D eigenvalue weighted by Gasteiger charge is -2.11. The van der Waals surface area contributed by atoms with Crippen LogP contribution in [0.5, 0.6) is 0 Å². The van der Waals surface area contributed by atoms with E-state index in [-0.39, 0.29) is 11.0 Å². The molecule has 1 aromatic carbocycles. The van der Waals surface area contributed by atoms with Crippen molar-refractivity contribution in [3.63, 3.8) is 0 Å². The van der Waals surface area contributed by atoms with Gasteiger partial charge in [-0.15, -0.1) is 0 Å². The summed E-state index contributed by atoms with van der Waals surface area (Å²) >= 11 is 0. The summed E-state index contributed by atoms with van der Waals surface area (Å²) in [5.41, 5.74) is 1.27. The first-order valence-corrected chi connectivity index (χ1v) is 7.52. The van der Waals surface area contributed by atoms with Crippen LogP contribution >= 0.6 is 0 Å². The highest BCUT2D eigenvalue weighted by atomic mass is 19.4. The molecule has 0 N–H and O–H groups in total. The van der Waals surface area contributed by atoms with Gasteiger partial charge >= 0.3 is 6.18 Å². The lowest BCUT2D eigenvalue weighted by Crippen LogP contribution is -2.19. The third-order valence-electron chi connectivity index (χ3n) is 4.46. The number of hydrogen-bond donors (Lipinski definition) is 0. The Morgan fingerprint density at radius 3 is 2.48 bits per heavy atom. The highest BCUT2D eigenvalue weighted by Crippen LogP contribution is 2.52. The Kier molecular flexibility index (Phi) is 3.84. The van der Waals surface area contributed by atoms with Gasteiger partial charge in [-0.05, 0) is 41.9 Å². The summed E-state index contributed by atoms with van der Waals surface area (Å²) in [5.74, 6) is 0.585. The minimum absolute atomic E-state index is 0.100. The smallest absolute Gasteiger partial charge is 0.314 e. The molecule has 1 aliphatic rings. The molecule has 23 heavy (non-hydrogen) atoms. The highest BCUT2D eigenvalue weighted by Gasteiger charge is 2.40. The number of halogens is 5. The maximum absolute atomic E-state index is 13.0. The van der Waals surface area contributed by atoms with Crippen molar-refractivity contribution in [3.05, 3.63) is 29.6 Å². The highest BCUT2D eigenvalue weighted by molar-refractivity contribution is 5.77. The maximum atomic E-state index is 13.0. The molecular weight excluding hydrogens is 315 g/mol. The van der Waals surface area contributed by atoms with Crippen molar-refractivity contribution in [2.45, 2.75) is 45.3 Å². The average molecular weight is 332 g/mol. The fourth-order valence-electron chi connectivity index (χ4n) is 3.24. The van der Waals surface area contributed by atoms with E-state index >= 15 is 0 Å². The Labute approximate surface area is 130 Å². The molecule has 2 aromatic rings. The molecule has 1 aliphatic carbocycles. The first-order chi connectivity index (χ1) is 10.7. The molecule has 0 unspecified atom stereocenters. The second kappa shape index (κ2) is 5.46. The summed E-state index contributed by atoms with van der Waals surface area (Å²) < 4.78 is 64.6. The molecular formula is C16H17F5N2. The Balaban J connectivity index is 2.01. The van der Waals surface area contributed by atoms with Crippen molar-refractivity contribution in [1.82, 2.24) is 9.55 Å². The van der Waals surface area contributed by atoms with Gasteiger partial charge in [-0.3, -0.25) is 0 Å². The molecule has 1 heterocycles. The Morgan fingerprint density at radius 2 is 1.96 bits per heavy atom. The molecule has 7 heteroatoms. The molecule has 1 fully saturated rings. The third kappa shape index (κ3) is 3.19. The lowest BCUT2D eigenvalue weighted by atomic mass is 10.0. The first-order valence-electron chi connectivity index (χ1n) is 7.52. The zero-order valence-electron chi connectivity index (χ0n) is 12.7. The summed E-state index contributed by atoms with van der Waals surface area (Å²) in [7, 11) is 0. The molecule has 0 amide bonds. The number of fused-ring (bicyclic) bond motifs is 1. The van der Waals surface area contributed by atoms with Crippen molar-refractivity contribution < 1.29 is 22.0 Å². The number of hydrogen-bond acceptors (Lipinski definition) is 1. The van der Waals surface area contributed by atoms with E-state index in [0.29, 0.717) is 22.3 Å². The Hall–Kier alpha value is -1.66. The van der Waals surface area contributed by atoms with Crippen LogP contribution in [0.25, 0.3) is 11.0 Å². The lowest BCUT2D eigenvalue weighted by molar-refractivity contribution is -0.141. The molecule has 0 bridgehead atoms. The largest absolute Gasteiger partial charge is 0.406 e. The summed E-state index contributed by atoms with van der Waals surface area (Å²) in [6.07, 6.45) is -6.60. The van der Waals surface area contributed by atoms with Crippen molar-refractivity contribution in [2.24, 2.45) is 11.8 Å². The van der Waals surface area contributed by atoms with Crippen LogP contribution < -0.4 is 0 Å². The van der Waals surface area contributed by atoms with E-state index in [1.165, 1.54) is 6.07 Å².